The summed E-state index contributed by atoms with van der Waals surface area (Å²) in [6.07, 6.45) is 0. The lowest BCUT2D eigenvalue weighted by molar-refractivity contribution is 0.720. The zero-order valence-electron chi connectivity index (χ0n) is 10.4. The Kier molecular flexibility index (Phi) is 2.60. The van der Waals surface area contributed by atoms with Crippen LogP contribution in [-0.2, 0) is 6.54 Å². The number of imidazole rings is 1. The summed E-state index contributed by atoms with van der Waals surface area (Å²) < 4.78 is 1.34. The number of hydrogen-bond donors (Lipinski definition) is 3. The van der Waals surface area contributed by atoms with Crippen LogP contribution in [0.2, 0.25) is 0 Å². The first-order valence-electron chi connectivity index (χ1n) is 5.89. The van der Waals surface area contributed by atoms with Crippen LogP contribution in [0.1, 0.15) is 6.92 Å². The minimum atomic E-state index is -0.544. The van der Waals surface area contributed by atoms with Gasteiger partial charge in [0.15, 0.2) is 11.5 Å². The lowest BCUT2D eigenvalue weighted by Gasteiger charge is -1.99. The van der Waals surface area contributed by atoms with Crippen molar-refractivity contribution in [3.05, 3.63) is 43.3 Å². The molecule has 0 aliphatic rings. The molecule has 0 aliphatic carbocycles. The molecule has 3 rings (SSSR count). The van der Waals surface area contributed by atoms with E-state index in [1.54, 1.807) is 6.92 Å². The van der Waals surface area contributed by atoms with Crippen molar-refractivity contribution in [2.45, 2.75) is 13.5 Å². The van der Waals surface area contributed by atoms with E-state index in [4.69, 9.17) is 0 Å². The molecular weight excluding hydrogens is 264 g/mol. The third-order valence-corrected chi connectivity index (χ3v) is 2.87. The van der Waals surface area contributed by atoms with Crippen LogP contribution in [0.15, 0.2) is 26.5 Å². The molecule has 0 bridgehead atoms. The number of nitrogens with one attached hydrogen (secondary N) is 3. The summed E-state index contributed by atoms with van der Waals surface area (Å²) in [6, 6.07) is 2.77. The normalized spacial score (nSPS) is 11.1. The first-order valence-corrected chi connectivity index (χ1v) is 5.89. The molecule has 102 valence electrons. The van der Waals surface area contributed by atoms with Crippen LogP contribution in [0.25, 0.3) is 22.7 Å². The van der Waals surface area contributed by atoms with Crippen molar-refractivity contribution in [2.24, 2.45) is 0 Å². The summed E-state index contributed by atoms with van der Waals surface area (Å²) >= 11 is 0. The van der Waals surface area contributed by atoms with Gasteiger partial charge < -0.3 is 4.98 Å². The molecule has 9 heteroatoms. The van der Waals surface area contributed by atoms with Crippen LogP contribution in [0.4, 0.5) is 0 Å². The molecule has 9 nitrogen and oxygen atoms in total. The van der Waals surface area contributed by atoms with Crippen molar-refractivity contribution in [1.29, 1.82) is 0 Å². The highest BCUT2D eigenvalue weighted by Crippen LogP contribution is 2.13. The zero-order valence-corrected chi connectivity index (χ0v) is 10.4. The average Bonchev–Trinajstić information content (AvgIpc) is 2.85. The fraction of sp³-hybridized carbons (Fsp3) is 0.182. The summed E-state index contributed by atoms with van der Waals surface area (Å²) in [6.45, 7) is 2.14. The van der Waals surface area contributed by atoms with Gasteiger partial charge in [0.2, 0.25) is 0 Å². The highest BCUT2D eigenvalue weighted by atomic mass is 16.2. The average molecular weight is 274 g/mol. The van der Waals surface area contributed by atoms with Gasteiger partial charge in [-0.25, -0.2) is 14.9 Å². The summed E-state index contributed by atoms with van der Waals surface area (Å²) in [4.78, 5) is 43.6. The van der Waals surface area contributed by atoms with Gasteiger partial charge in [0.1, 0.15) is 11.2 Å². The maximum Gasteiger partial charge on any atom is 0.330 e. The third kappa shape index (κ3) is 1.76. The first kappa shape index (κ1) is 12.1. The van der Waals surface area contributed by atoms with E-state index in [1.165, 1.54) is 16.7 Å². The molecule has 3 aromatic heterocycles. The number of aromatic amines is 3. The molecule has 3 heterocycles. The van der Waals surface area contributed by atoms with Crippen LogP contribution < -0.4 is 16.8 Å². The number of nitrogens with zero attached hydrogens (tertiary/aromatic N) is 3. The standard InChI is InChI=1S/C11H10N6O3/c1-2-17-9-7(10(19)14-11(17)20)12-8(13-9)5-3-4-6(18)16-15-5/h3-4H,2H2,1H3,(H,12,13)(H,16,18)(H,14,19,20). The molecular formula is C11H10N6O3. The second-order valence-corrected chi connectivity index (χ2v) is 4.09. The van der Waals surface area contributed by atoms with Gasteiger partial charge in [-0.1, -0.05) is 0 Å². The molecule has 0 aliphatic heterocycles. The second kappa shape index (κ2) is 4.30. The quantitative estimate of drug-likeness (QED) is 0.562. The number of aryl methyl sites for hydroxylation is 1. The van der Waals surface area contributed by atoms with Crippen molar-refractivity contribution >= 4 is 11.2 Å². The summed E-state index contributed by atoms with van der Waals surface area (Å²) in [5.41, 5.74) is -0.586. The Morgan fingerprint density at radius 1 is 1.20 bits per heavy atom. The van der Waals surface area contributed by atoms with Gasteiger partial charge >= 0.3 is 5.69 Å². The fourth-order valence-electron chi connectivity index (χ4n) is 1.93. The van der Waals surface area contributed by atoms with Gasteiger partial charge in [-0.05, 0) is 13.0 Å². The lowest BCUT2D eigenvalue weighted by Crippen LogP contribution is -2.29. The second-order valence-electron chi connectivity index (χ2n) is 4.09. The van der Waals surface area contributed by atoms with Crippen molar-refractivity contribution < 1.29 is 0 Å². The maximum atomic E-state index is 11.7. The van der Waals surface area contributed by atoms with E-state index in [9.17, 15) is 14.4 Å². The Hall–Kier alpha value is -2.97. The molecule has 0 radical (unpaired) electrons. The van der Waals surface area contributed by atoms with Gasteiger partial charge in [-0.15, -0.1) is 0 Å². The predicted molar refractivity (Wildman–Crippen MR) is 70.5 cm³/mol. The molecule has 0 saturated carbocycles. The topological polar surface area (TPSA) is 129 Å². The van der Waals surface area contributed by atoms with Gasteiger partial charge in [0.05, 0.1) is 0 Å². The smallest absolute Gasteiger partial charge is 0.330 e. The number of rotatable bonds is 2. The minimum absolute atomic E-state index is 0.189. The van der Waals surface area contributed by atoms with Gasteiger partial charge in [-0.3, -0.25) is 19.1 Å². The van der Waals surface area contributed by atoms with E-state index in [0.29, 0.717) is 18.1 Å². The van der Waals surface area contributed by atoms with Crippen LogP contribution in [-0.4, -0.2) is 29.7 Å². The maximum absolute atomic E-state index is 11.7. The molecule has 3 N–H and O–H groups in total. The Balaban J connectivity index is 2.33. The number of hydrogen-bond acceptors (Lipinski definition) is 5. The number of H-pyrrole nitrogens is 3. The summed E-state index contributed by atoms with van der Waals surface area (Å²) in [7, 11) is 0. The molecule has 0 unspecified atom stereocenters. The Bertz CT molecular complexity index is 940. The van der Waals surface area contributed by atoms with Crippen molar-refractivity contribution in [3.8, 4) is 11.5 Å². The third-order valence-electron chi connectivity index (χ3n) is 2.87. The van der Waals surface area contributed by atoms with E-state index in [1.807, 2.05) is 0 Å². The van der Waals surface area contributed by atoms with Crippen molar-refractivity contribution in [2.75, 3.05) is 0 Å². The van der Waals surface area contributed by atoms with Crippen LogP contribution in [0.5, 0.6) is 0 Å². The Morgan fingerprint density at radius 3 is 2.65 bits per heavy atom. The fourth-order valence-corrected chi connectivity index (χ4v) is 1.93. The SMILES string of the molecule is CCn1c(=O)[nH]c(=O)c2[nH]c(-c3ccc(=O)[nH]n3)nc21. The van der Waals surface area contributed by atoms with Crippen LogP contribution in [0, 0.1) is 0 Å². The molecule has 0 atom stereocenters. The van der Waals surface area contributed by atoms with Crippen molar-refractivity contribution in [3.63, 3.8) is 0 Å². The van der Waals surface area contributed by atoms with Crippen LogP contribution >= 0.6 is 0 Å². The Morgan fingerprint density at radius 2 is 2.00 bits per heavy atom. The highest BCUT2D eigenvalue weighted by Gasteiger charge is 2.13. The summed E-state index contributed by atoms with van der Waals surface area (Å²) in [5.74, 6) is 0.301. The number of fused-ring (bicyclic) bond motifs is 1. The van der Waals surface area contributed by atoms with E-state index in [0.717, 1.165) is 0 Å². The first-order chi connectivity index (χ1) is 9.60. The van der Waals surface area contributed by atoms with Gasteiger partial charge in [0.25, 0.3) is 11.1 Å². The largest absolute Gasteiger partial charge is 0.331 e. The van der Waals surface area contributed by atoms with Crippen LogP contribution in [0.3, 0.4) is 0 Å². The van der Waals surface area contributed by atoms with Gasteiger partial charge in [0, 0.05) is 12.6 Å². The minimum Gasteiger partial charge on any atom is -0.331 e. The summed E-state index contributed by atoms with van der Waals surface area (Å²) in [5, 5.41) is 6.10. The molecule has 3 aromatic rings. The Labute approximate surface area is 110 Å². The van der Waals surface area contributed by atoms with E-state index >= 15 is 0 Å². The predicted octanol–water partition coefficient (Wildman–Crippen LogP) is -0.817. The van der Waals surface area contributed by atoms with E-state index < -0.39 is 11.2 Å². The monoisotopic (exact) mass is 274 g/mol. The molecule has 0 aromatic carbocycles. The molecule has 0 amide bonds. The number of aromatic nitrogens is 6. The highest BCUT2D eigenvalue weighted by molar-refractivity contribution is 5.74. The molecule has 0 spiro atoms. The van der Waals surface area contributed by atoms with Crippen molar-refractivity contribution in [1.82, 2.24) is 29.7 Å². The molecule has 0 saturated heterocycles. The molecule has 0 fully saturated rings. The van der Waals surface area contributed by atoms with Gasteiger partial charge in [-0.2, -0.15) is 5.10 Å². The zero-order chi connectivity index (χ0) is 14.3. The van der Waals surface area contributed by atoms with E-state index in [-0.39, 0.29) is 16.7 Å². The van der Waals surface area contributed by atoms with E-state index in [2.05, 4.69) is 25.1 Å². The molecule has 20 heavy (non-hydrogen) atoms. The lowest BCUT2D eigenvalue weighted by atomic mass is 10.4.